The number of para-hydroxylation sites is 1. The molecule has 1 unspecified atom stereocenters. The lowest BCUT2D eigenvalue weighted by atomic mass is 10.0. The molecule has 1 amide bonds. The molecule has 2 aromatic heterocycles. The van der Waals surface area contributed by atoms with E-state index in [2.05, 4.69) is 30.8 Å². The van der Waals surface area contributed by atoms with Crippen LogP contribution in [0, 0.1) is 11.7 Å². The smallest absolute Gasteiger partial charge is 0.422 e. The fraction of sp³-hybridized carbons (Fsp3) is 0.250. The lowest BCUT2D eigenvalue weighted by molar-refractivity contribution is -0.138. The second-order valence-electron chi connectivity index (χ2n) is 9.48. The molecule has 0 radical (unpaired) electrons. The number of nitrogens with one attached hydrogen (secondary N) is 2. The number of ether oxygens (including phenoxy) is 1. The van der Waals surface area contributed by atoms with Crippen LogP contribution in [-0.4, -0.2) is 52.8 Å². The highest BCUT2D eigenvalue weighted by atomic mass is 19.4. The van der Waals surface area contributed by atoms with E-state index in [4.69, 9.17) is 4.74 Å². The van der Waals surface area contributed by atoms with Gasteiger partial charge in [-0.1, -0.05) is 12.1 Å². The molecule has 1 saturated heterocycles. The summed E-state index contributed by atoms with van der Waals surface area (Å²) in [4.78, 5) is 23.1. The van der Waals surface area contributed by atoms with Gasteiger partial charge in [0.2, 0.25) is 0 Å². The minimum atomic E-state index is -4.91. The van der Waals surface area contributed by atoms with Crippen molar-refractivity contribution in [1.29, 1.82) is 0 Å². The van der Waals surface area contributed by atoms with Crippen molar-refractivity contribution in [2.45, 2.75) is 12.6 Å². The van der Waals surface area contributed by atoms with Crippen molar-refractivity contribution < 1.29 is 27.1 Å². The number of halogens is 4. The van der Waals surface area contributed by atoms with Crippen LogP contribution in [0.15, 0.2) is 67.3 Å². The van der Waals surface area contributed by atoms with E-state index >= 15 is 0 Å². The van der Waals surface area contributed by atoms with Crippen molar-refractivity contribution in [2.75, 3.05) is 36.9 Å². The fourth-order valence-electron chi connectivity index (χ4n) is 4.67. The number of hydrogen-bond donors (Lipinski definition) is 2. The van der Waals surface area contributed by atoms with Crippen molar-refractivity contribution >= 4 is 17.3 Å². The van der Waals surface area contributed by atoms with E-state index in [1.54, 1.807) is 6.07 Å². The minimum Gasteiger partial charge on any atom is -0.454 e. The molecule has 0 spiro atoms. The summed E-state index contributed by atoms with van der Waals surface area (Å²) in [5.74, 6) is -2.46. The molecule has 4 aromatic rings. The van der Waals surface area contributed by atoms with Gasteiger partial charge in [0.25, 0.3) is 5.91 Å². The van der Waals surface area contributed by atoms with Crippen LogP contribution in [0.2, 0.25) is 0 Å². The molecule has 2 aromatic carbocycles. The summed E-state index contributed by atoms with van der Waals surface area (Å²) < 4.78 is 63.9. The maximum atomic E-state index is 14.7. The maximum absolute atomic E-state index is 14.7. The Balaban J connectivity index is 1.55. The molecule has 0 bridgehead atoms. The van der Waals surface area contributed by atoms with Gasteiger partial charge in [-0.25, -0.2) is 9.37 Å². The summed E-state index contributed by atoms with van der Waals surface area (Å²) in [5, 5.41) is 13.3. The zero-order chi connectivity index (χ0) is 29.0. The highest BCUT2D eigenvalue weighted by Gasteiger charge is 2.40. The number of alkyl halides is 3. The summed E-state index contributed by atoms with van der Waals surface area (Å²) in [6, 6.07) is 9.18. The summed E-state index contributed by atoms with van der Waals surface area (Å²) in [6.45, 7) is 1.67. The van der Waals surface area contributed by atoms with Crippen molar-refractivity contribution in [3.8, 4) is 22.8 Å². The number of carbonyl (C=O) groups excluding carboxylic acids is 1. The number of rotatable bonds is 8. The van der Waals surface area contributed by atoms with Gasteiger partial charge in [-0.15, -0.1) is 0 Å². The Morgan fingerprint density at radius 2 is 1.93 bits per heavy atom. The van der Waals surface area contributed by atoms with Gasteiger partial charge in [0, 0.05) is 19.2 Å². The van der Waals surface area contributed by atoms with Gasteiger partial charge >= 0.3 is 6.18 Å². The SMILES string of the molecule is CN(CC1CCNC1)c1c(NC(=O)c2cncc(-c3ccnnc3)n2)ccc(Oc2ccccc2F)c1C(F)(F)F. The van der Waals surface area contributed by atoms with E-state index in [0.717, 1.165) is 25.1 Å². The van der Waals surface area contributed by atoms with E-state index in [9.17, 15) is 22.4 Å². The third-order valence-corrected chi connectivity index (χ3v) is 6.55. The number of nitrogens with zero attached hydrogens (tertiary/aromatic N) is 5. The standard InChI is InChI=1S/C28H25F4N7O2/c1-39(16-17-8-10-33-12-17)26-20(38-27(40)22-15-34-14-21(37-22)18-9-11-35-36-13-18)6-7-24(25(26)28(30,31)32)41-23-5-3-2-4-19(23)29/h2-7,9,11,13-15,17,33H,8,10,12,16H2,1H3,(H,38,40). The molecule has 1 aliphatic heterocycles. The van der Waals surface area contributed by atoms with E-state index in [1.807, 2.05) is 0 Å². The molecule has 2 N–H and O–H groups in total. The zero-order valence-electron chi connectivity index (χ0n) is 21.8. The first-order chi connectivity index (χ1) is 19.7. The first kappa shape index (κ1) is 27.9. The van der Waals surface area contributed by atoms with Crippen LogP contribution in [0.5, 0.6) is 11.5 Å². The summed E-state index contributed by atoms with van der Waals surface area (Å²) >= 11 is 0. The predicted molar refractivity (Wildman–Crippen MR) is 143 cm³/mol. The molecular weight excluding hydrogens is 542 g/mol. The molecule has 13 heteroatoms. The Morgan fingerprint density at radius 3 is 2.63 bits per heavy atom. The molecule has 1 aliphatic rings. The number of carbonyl (C=O) groups is 1. The number of amides is 1. The van der Waals surface area contributed by atoms with Crippen LogP contribution in [0.4, 0.5) is 28.9 Å². The molecule has 3 heterocycles. The molecule has 0 saturated carbocycles. The molecule has 41 heavy (non-hydrogen) atoms. The topological polar surface area (TPSA) is 105 Å². The molecular formula is C28H25F4N7O2. The first-order valence-electron chi connectivity index (χ1n) is 12.7. The van der Waals surface area contributed by atoms with Crippen LogP contribution in [0.3, 0.4) is 0 Å². The monoisotopic (exact) mass is 567 g/mol. The van der Waals surface area contributed by atoms with E-state index in [1.165, 1.54) is 61.0 Å². The number of hydrogen-bond acceptors (Lipinski definition) is 8. The second-order valence-corrected chi connectivity index (χ2v) is 9.48. The average Bonchev–Trinajstić information content (AvgIpc) is 3.47. The number of benzene rings is 2. The van der Waals surface area contributed by atoms with Crippen LogP contribution in [0.1, 0.15) is 22.5 Å². The van der Waals surface area contributed by atoms with Crippen LogP contribution in [-0.2, 0) is 6.18 Å². The van der Waals surface area contributed by atoms with Gasteiger partial charge < -0.3 is 20.3 Å². The lowest BCUT2D eigenvalue weighted by Crippen LogP contribution is -2.30. The Hall–Kier alpha value is -4.65. The van der Waals surface area contributed by atoms with Gasteiger partial charge in [-0.05, 0) is 55.8 Å². The summed E-state index contributed by atoms with van der Waals surface area (Å²) in [7, 11) is 1.52. The van der Waals surface area contributed by atoms with Gasteiger partial charge in [0.15, 0.2) is 11.6 Å². The van der Waals surface area contributed by atoms with Crippen molar-refractivity contribution in [3.05, 3.63) is 84.3 Å². The minimum absolute atomic E-state index is 0.0808. The molecule has 0 aliphatic carbocycles. The summed E-state index contributed by atoms with van der Waals surface area (Å²) in [5.41, 5.74) is -0.795. The first-order valence-corrected chi connectivity index (χ1v) is 12.7. The van der Waals surface area contributed by atoms with E-state index in [0.29, 0.717) is 17.8 Å². The predicted octanol–water partition coefficient (Wildman–Crippen LogP) is 5.18. The van der Waals surface area contributed by atoms with Gasteiger partial charge in [-0.3, -0.25) is 9.78 Å². The highest BCUT2D eigenvalue weighted by Crippen LogP contribution is 2.48. The molecule has 212 valence electrons. The number of anilines is 2. The Labute approximate surface area is 232 Å². The normalized spacial score (nSPS) is 15.0. The Kier molecular flexibility index (Phi) is 8.06. The largest absolute Gasteiger partial charge is 0.454 e. The van der Waals surface area contributed by atoms with E-state index in [-0.39, 0.29) is 35.3 Å². The Morgan fingerprint density at radius 1 is 1.10 bits per heavy atom. The van der Waals surface area contributed by atoms with Crippen LogP contribution < -0.4 is 20.3 Å². The highest BCUT2D eigenvalue weighted by molar-refractivity contribution is 6.05. The molecule has 1 atom stereocenters. The maximum Gasteiger partial charge on any atom is 0.422 e. The second kappa shape index (κ2) is 11.8. The fourth-order valence-corrected chi connectivity index (χ4v) is 4.67. The van der Waals surface area contributed by atoms with Gasteiger partial charge in [0.05, 0.1) is 41.9 Å². The van der Waals surface area contributed by atoms with E-state index < -0.39 is 29.2 Å². The van der Waals surface area contributed by atoms with Gasteiger partial charge in [-0.2, -0.15) is 23.4 Å². The van der Waals surface area contributed by atoms with Crippen molar-refractivity contribution in [2.24, 2.45) is 5.92 Å². The third-order valence-electron chi connectivity index (χ3n) is 6.55. The zero-order valence-corrected chi connectivity index (χ0v) is 21.8. The third kappa shape index (κ3) is 6.40. The van der Waals surface area contributed by atoms with Gasteiger partial charge in [0.1, 0.15) is 17.0 Å². The lowest BCUT2D eigenvalue weighted by Gasteiger charge is -2.29. The van der Waals surface area contributed by atoms with Crippen molar-refractivity contribution in [3.63, 3.8) is 0 Å². The molecule has 9 nitrogen and oxygen atoms in total. The number of aromatic nitrogens is 4. The van der Waals surface area contributed by atoms with Crippen molar-refractivity contribution in [1.82, 2.24) is 25.5 Å². The van der Waals surface area contributed by atoms with Crippen LogP contribution in [0.25, 0.3) is 11.3 Å². The molecule has 5 rings (SSSR count). The quantitative estimate of drug-likeness (QED) is 0.281. The Bertz CT molecular complexity index is 1530. The summed E-state index contributed by atoms with van der Waals surface area (Å²) in [6.07, 6.45) is 1.41. The molecule has 1 fully saturated rings. The average molecular weight is 568 g/mol. The van der Waals surface area contributed by atoms with Crippen LogP contribution >= 0.6 is 0 Å².